The molecule has 1 aliphatic heterocycles. The number of carbonyl (C=O) groups excluding carboxylic acids is 1. The highest BCUT2D eigenvalue weighted by Gasteiger charge is 2.35. The number of aryl methyl sites for hydroxylation is 1. The van der Waals surface area contributed by atoms with E-state index in [4.69, 9.17) is 26.1 Å². The predicted molar refractivity (Wildman–Crippen MR) is 134 cm³/mol. The number of anilines is 1. The molecular weight excluding hydrogens is 450 g/mol. The Morgan fingerprint density at radius 1 is 1.03 bits per heavy atom. The van der Waals surface area contributed by atoms with Crippen molar-refractivity contribution in [2.45, 2.75) is 25.3 Å². The summed E-state index contributed by atoms with van der Waals surface area (Å²) in [5, 5.41) is 0.691. The zero-order valence-corrected chi connectivity index (χ0v) is 19.7. The van der Waals surface area contributed by atoms with Gasteiger partial charge in [-0.2, -0.15) is 0 Å². The van der Waals surface area contributed by atoms with Gasteiger partial charge in [-0.15, -0.1) is 0 Å². The van der Waals surface area contributed by atoms with Gasteiger partial charge in [-0.05, 0) is 55.0 Å². The van der Waals surface area contributed by atoms with Crippen LogP contribution in [0.15, 0.2) is 72.8 Å². The van der Waals surface area contributed by atoms with E-state index in [1.54, 1.807) is 7.11 Å². The Bertz CT molecular complexity index is 1300. The number of benzene rings is 3. The lowest BCUT2D eigenvalue weighted by atomic mass is 10.1. The SMILES string of the molecule is COc1cccc(N2C[C@H](c3nc4ccccc4n3CCCOc3ccc(Cl)cc3)CC2=O)c1. The van der Waals surface area contributed by atoms with Crippen molar-refractivity contribution in [1.29, 1.82) is 0 Å². The standard InChI is InChI=1S/C27H26ClN3O3/c1-33-23-7-4-6-21(17-23)31-18-19(16-26(31)32)27-29-24-8-2-3-9-25(24)30(27)14-5-15-34-22-12-10-20(28)11-13-22/h2-4,6-13,17,19H,5,14-16,18H2,1H3/t19-/m1/s1. The minimum absolute atomic E-state index is 0.0169. The van der Waals surface area contributed by atoms with Crippen LogP contribution in [0.4, 0.5) is 5.69 Å². The smallest absolute Gasteiger partial charge is 0.227 e. The van der Waals surface area contributed by atoms with Crippen LogP contribution >= 0.6 is 11.6 Å². The van der Waals surface area contributed by atoms with Gasteiger partial charge in [-0.1, -0.05) is 29.8 Å². The topological polar surface area (TPSA) is 56.6 Å². The molecule has 1 aromatic heterocycles. The lowest BCUT2D eigenvalue weighted by molar-refractivity contribution is -0.117. The van der Waals surface area contributed by atoms with E-state index in [1.807, 2.05) is 71.6 Å². The molecule has 0 N–H and O–H groups in total. The van der Waals surface area contributed by atoms with Crippen molar-refractivity contribution >= 4 is 34.2 Å². The number of fused-ring (bicyclic) bond motifs is 1. The molecule has 34 heavy (non-hydrogen) atoms. The zero-order valence-electron chi connectivity index (χ0n) is 19.0. The van der Waals surface area contributed by atoms with Crippen LogP contribution in [0.25, 0.3) is 11.0 Å². The van der Waals surface area contributed by atoms with Gasteiger partial charge >= 0.3 is 0 Å². The van der Waals surface area contributed by atoms with Gasteiger partial charge in [-0.25, -0.2) is 4.98 Å². The molecule has 0 unspecified atom stereocenters. The fourth-order valence-electron chi connectivity index (χ4n) is 4.49. The highest BCUT2D eigenvalue weighted by atomic mass is 35.5. The molecule has 0 radical (unpaired) electrons. The molecule has 0 aliphatic carbocycles. The fraction of sp³-hybridized carbons (Fsp3) is 0.259. The number of hydrogen-bond donors (Lipinski definition) is 0. The maximum atomic E-state index is 12.9. The second kappa shape index (κ2) is 9.77. The number of para-hydroxylation sites is 2. The lowest BCUT2D eigenvalue weighted by Crippen LogP contribution is -2.24. The van der Waals surface area contributed by atoms with E-state index >= 15 is 0 Å². The number of ether oxygens (including phenoxy) is 2. The van der Waals surface area contributed by atoms with Crippen molar-refractivity contribution in [3.05, 3.63) is 83.6 Å². The molecule has 7 heteroatoms. The molecule has 0 saturated carbocycles. The first kappa shape index (κ1) is 22.3. The van der Waals surface area contributed by atoms with E-state index < -0.39 is 0 Å². The number of imidazole rings is 1. The van der Waals surface area contributed by atoms with E-state index in [1.165, 1.54) is 0 Å². The summed E-state index contributed by atoms with van der Waals surface area (Å²) in [7, 11) is 1.63. The Hall–Kier alpha value is -3.51. The maximum absolute atomic E-state index is 12.9. The minimum Gasteiger partial charge on any atom is -0.497 e. The van der Waals surface area contributed by atoms with Gasteiger partial charge in [0.25, 0.3) is 0 Å². The normalized spacial score (nSPS) is 15.8. The van der Waals surface area contributed by atoms with Crippen molar-refractivity contribution < 1.29 is 14.3 Å². The number of amides is 1. The van der Waals surface area contributed by atoms with Crippen molar-refractivity contribution in [1.82, 2.24) is 9.55 Å². The number of carbonyl (C=O) groups is 1. The summed E-state index contributed by atoms with van der Waals surface area (Å²) < 4.78 is 13.5. The van der Waals surface area contributed by atoms with E-state index in [0.29, 0.717) is 24.6 Å². The summed E-state index contributed by atoms with van der Waals surface area (Å²) in [5.41, 5.74) is 2.88. The van der Waals surface area contributed by atoms with Gasteiger partial charge in [0.05, 0.1) is 24.8 Å². The van der Waals surface area contributed by atoms with Gasteiger partial charge in [0, 0.05) is 42.2 Å². The van der Waals surface area contributed by atoms with Gasteiger partial charge in [0.2, 0.25) is 5.91 Å². The van der Waals surface area contributed by atoms with Crippen LogP contribution in [0.3, 0.4) is 0 Å². The first-order chi connectivity index (χ1) is 16.6. The Morgan fingerprint density at radius 3 is 2.68 bits per heavy atom. The van der Waals surface area contributed by atoms with Crippen LogP contribution in [0.5, 0.6) is 11.5 Å². The van der Waals surface area contributed by atoms with Crippen LogP contribution < -0.4 is 14.4 Å². The predicted octanol–water partition coefficient (Wildman–Crippen LogP) is 5.69. The number of hydrogen-bond acceptors (Lipinski definition) is 4. The molecule has 0 bridgehead atoms. The Kier molecular flexibility index (Phi) is 6.41. The van der Waals surface area contributed by atoms with Crippen LogP contribution in [0.1, 0.15) is 24.6 Å². The van der Waals surface area contributed by atoms with Gasteiger partial charge in [0.15, 0.2) is 0 Å². The van der Waals surface area contributed by atoms with E-state index in [-0.39, 0.29) is 11.8 Å². The summed E-state index contributed by atoms with van der Waals surface area (Å²) in [6.45, 7) is 1.93. The number of rotatable bonds is 8. The largest absolute Gasteiger partial charge is 0.497 e. The monoisotopic (exact) mass is 475 g/mol. The number of aromatic nitrogens is 2. The van der Waals surface area contributed by atoms with Crippen LogP contribution in [0.2, 0.25) is 5.02 Å². The average Bonchev–Trinajstić information content (AvgIpc) is 3.43. The maximum Gasteiger partial charge on any atom is 0.227 e. The van der Waals surface area contributed by atoms with Crippen LogP contribution in [0, 0.1) is 0 Å². The first-order valence-electron chi connectivity index (χ1n) is 11.4. The number of halogens is 1. The highest BCUT2D eigenvalue weighted by Crippen LogP contribution is 2.34. The summed E-state index contributed by atoms with van der Waals surface area (Å²) in [6, 6.07) is 23.2. The fourth-order valence-corrected chi connectivity index (χ4v) is 4.62. The van der Waals surface area contributed by atoms with Crippen LogP contribution in [-0.4, -0.2) is 35.7 Å². The number of nitrogens with zero attached hydrogens (tertiary/aromatic N) is 3. The third kappa shape index (κ3) is 4.59. The summed E-state index contributed by atoms with van der Waals surface area (Å²) in [5.74, 6) is 2.61. The molecule has 1 atom stereocenters. The average molecular weight is 476 g/mol. The first-order valence-corrected chi connectivity index (χ1v) is 11.8. The summed E-state index contributed by atoms with van der Waals surface area (Å²) >= 11 is 5.95. The number of methoxy groups -OCH3 is 1. The van der Waals surface area contributed by atoms with E-state index in [2.05, 4.69) is 10.6 Å². The van der Waals surface area contributed by atoms with Crippen molar-refractivity contribution in [3.8, 4) is 11.5 Å². The van der Waals surface area contributed by atoms with E-state index in [0.717, 1.165) is 47.0 Å². The highest BCUT2D eigenvalue weighted by molar-refractivity contribution is 6.30. The third-order valence-corrected chi connectivity index (χ3v) is 6.40. The van der Waals surface area contributed by atoms with E-state index in [9.17, 15) is 4.79 Å². The Balaban J connectivity index is 1.34. The minimum atomic E-state index is 0.0169. The molecule has 174 valence electrons. The van der Waals surface area contributed by atoms with Gasteiger partial charge < -0.3 is 18.9 Å². The Labute approximate surface area is 203 Å². The second-order valence-corrected chi connectivity index (χ2v) is 8.81. The molecule has 1 aliphatic rings. The molecular formula is C27H26ClN3O3. The molecule has 2 heterocycles. The quantitative estimate of drug-likeness (QED) is 0.307. The summed E-state index contributed by atoms with van der Waals surface area (Å²) in [4.78, 5) is 19.7. The molecule has 1 amide bonds. The molecule has 1 saturated heterocycles. The molecule has 4 aromatic rings. The summed E-state index contributed by atoms with van der Waals surface area (Å²) in [6.07, 6.45) is 1.25. The molecule has 5 rings (SSSR count). The molecule has 6 nitrogen and oxygen atoms in total. The van der Waals surface area contributed by atoms with Gasteiger partial charge in [-0.3, -0.25) is 4.79 Å². The van der Waals surface area contributed by atoms with Crippen molar-refractivity contribution in [3.63, 3.8) is 0 Å². The van der Waals surface area contributed by atoms with Crippen molar-refractivity contribution in [2.75, 3.05) is 25.2 Å². The molecule has 3 aromatic carbocycles. The zero-order chi connectivity index (χ0) is 23.5. The van der Waals surface area contributed by atoms with Crippen molar-refractivity contribution in [2.24, 2.45) is 0 Å². The Morgan fingerprint density at radius 2 is 1.85 bits per heavy atom. The molecule has 1 fully saturated rings. The lowest BCUT2D eigenvalue weighted by Gasteiger charge is -2.18. The second-order valence-electron chi connectivity index (χ2n) is 8.37. The van der Waals surface area contributed by atoms with Crippen LogP contribution in [-0.2, 0) is 11.3 Å². The molecule has 0 spiro atoms. The van der Waals surface area contributed by atoms with Gasteiger partial charge in [0.1, 0.15) is 17.3 Å². The third-order valence-electron chi connectivity index (χ3n) is 6.15.